The van der Waals surface area contributed by atoms with Crippen LogP contribution in [0.3, 0.4) is 0 Å². The van der Waals surface area contributed by atoms with E-state index in [-0.39, 0.29) is 13.2 Å². The topological polar surface area (TPSA) is 82.0 Å². The maximum atomic E-state index is 11.8. The normalized spacial score (nSPS) is 16.3. The summed E-state index contributed by atoms with van der Waals surface area (Å²) in [7, 11) is 0. The van der Waals surface area contributed by atoms with E-state index in [1.165, 1.54) is 19.3 Å². The van der Waals surface area contributed by atoms with Gasteiger partial charge in [-0.3, -0.25) is 0 Å². The van der Waals surface area contributed by atoms with Gasteiger partial charge in [-0.15, -0.1) is 0 Å². The van der Waals surface area contributed by atoms with Crippen LogP contribution in [0.15, 0.2) is 54.6 Å². The second-order valence-electron chi connectivity index (χ2n) is 7.09. The number of nitrogens with zero attached hydrogens (tertiary/aromatic N) is 1. The molecule has 28 heavy (non-hydrogen) atoms. The van der Waals surface area contributed by atoms with Crippen LogP contribution in [0.1, 0.15) is 36.5 Å². The van der Waals surface area contributed by atoms with E-state index in [0.29, 0.717) is 5.56 Å². The third-order valence-electron chi connectivity index (χ3n) is 4.99. The molecule has 6 nitrogen and oxygen atoms in total. The lowest BCUT2D eigenvalue weighted by molar-refractivity contribution is 0.0184. The molecule has 0 aromatic heterocycles. The van der Waals surface area contributed by atoms with E-state index in [1.807, 2.05) is 54.6 Å². The highest BCUT2D eigenvalue weighted by atomic mass is 16.5. The number of ether oxygens (including phenoxy) is 1. The Labute approximate surface area is 165 Å². The Morgan fingerprint density at radius 2 is 1.68 bits per heavy atom. The predicted molar refractivity (Wildman–Crippen MR) is 108 cm³/mol. The van der Waals surface area contributed by atoms with Crippen LogP contribution in [0.25, 0.3) is 0 Å². The second kappa shape index (κ2) is 10.1. The van der Waals surface area contributed by atoms with E-state index < -0.39 is 18.3 Å². The van der Waals surface area contributed by atoms with Crippen molar-refractivity contribution in [2.24, 2.45) is 0 Å². The number of aliphatic hydroxyl groups is 2. The van der Waals surface area contributed by atoms with Gasteiger partial charge in [-0.1, -0.05) is 42.5 Å². The first-order chi connectivity index (χ1) is 13.6. The third-order valence-corrected chi connectivity index (χ3v) is 4.99. The number of hydrogen-bond acceptors (Lipinski definition) is 5. The van der Waals surface area contributed by atoms with Crippen molar-refractivity contribution < 1.29 is 19.7 Å². The number of aliphatic hydroxyl groups excluding tert-OH is 2. The van der Waals surface area contributed by atoms with Gasteiger partial charge in [0.1, 0.15) is 18.8 Å². The van der Waals surface area contributed by atoms with Gasteiger partial charge < -0.3 is 25.2 Å². The van der Waals surface area contributed by atoms with Gasteiger partial charge in [-0.25, -0.2) is 4.79 Å². The number of anilines is 1. The molecule has 0 spiro atoms. The second-order valence-corrected chi connectivity index (χ2v) is 7.09. The van der Waals surface area contributed by atoms with E-state index >= 15 is 0 Å². The quantitative estimate of drug-likeness (QED) is 0.684. The monoisotopic (exact) mass is 384 g/mol. The Balaban J connectivity index is 1.44. The number of carbonyl (C=O) groups is 1. The number of amides is 1. The Hall–Kier alpha value is -2.57. The minimum Gasteiger partial charge on any atom is -0.445 e. The zero-order valence-corrected chi connectivity index (χ0v) is 16.0. The Morgan fingerprint density at radius 3 is 2.36 bits per heavy atom. The first kappa shape index (κ1) is 20.2. The molecule has 1 aliphatic rings. The van der Waals surface area contributed by atoms with E-state index in [1.54, 1.807) is 0 Å². The van der Waals surface area contributed by atoms with Gasteiger partial charge in [-0.05, 0) is 42.5 Å². The average Bonchev–Trinajstić information content (AvgIpc) is 2.77. The summed E-state index contributed by atoms with van der Waals surface area (Å²) >= 11 is 0. The van der Waals surface area contributed by atoms with Crippen LogP contribution in [0.2, 0.25) is 0 Å². The molecule has 3 rings (SSSR count). The number of rotatable bonds is 7. The first-order valence-corrected chi connectivity index (χ1v) is 9.79. The molecule has 2 atom stereocenters. The maximum Gasteiger partial charge on any atom is 0.407 e. The Bertz CT molecular complexity index is 730. The van der Waals surface area contributed by atoms with Gasteiger partial charge in [0.25, 0.3) is 0 Å². The van der Waals surface area contributed by atoms with Crippen LogP contribution in [-0.4, -0.2) is 42.0 Å². The van der Waals surface area contributed by atoms with Gasteiger partial charge >= 0.3 is 6.09 Å². The molecule has 2 aromatic carbocycles. The fraction of sp³-hybridized carbons (Fsp3) is 0.409. The van der Waals surface area contributed by atoms with E-state index in [4.69, 9.17) is 4.74 Å². The van der Waals surface area contributed by atoms with Crippen LogP contribution < -0.4 is 10.2 Å². The largest absolute Gasteiger partial charge is 0.445 e. The van der Waals surface area contributed by atoms with Crippen molar-refractivity contribution in [2.45, 2.75) is 38.1 Å². The third kappa shape index (κ3) is 5.71. The van der Waals surface area contributed by atoms with Gasteiger partial charge in [-0.2, -0.15) is 0 Å². The smallest absolute Gasteiger partial charge is 0.407 e. The molecule has 2 aromatic rings. The minimum absolute atomic E-state index is 0.0946. The summed E-state index contributed by atoms with van der Waals surface area (Å²) in [5.41, 5.74) is 2.63. The molecular weight excluding hydrogens is 356 g/mol. The molecule has 0 saturated carbocycles. The van der Waals surface area contributed by atoms with Crippen molar-refractivity contribution in [2.75, 3.05) is 24.5 Å². The van der Waals surface area contributed by atoms with Gasteiger partial charge in [0.15, 0.2) is 0 Å². The molecule has 150 valence electrons. The van der Waals surface area contributed by atoms with E-state index in [9.17, 15) is 15.0 Å². The van der Waals surface area contributed by atoms with Crippen molar-refractivity contribution >= 4 is 11.8 Å². The lowest BCUT2D eigenvalue weighted by atomic mass is 10.0. The van der Waals surface area contributed by atoms with Gasteiger partial charge in [0.05, 0.1) is 0 Å². The fourth-order valence-electron chi connectivity index (χ4n) is 3.33. The van der Waals surface area contributed by atoms with Crippen molar-refractivity contribution in [3.8, 4) is 0 Å². The number of nitrogens with one attached hydrogen (secondary N) is 1. The molecule has 0 aliphatic carbocycles. The minimum atomic E-state index is -1.12. The highest BCUT2D eigenvalue weighted by Crippen LogP contribution is 2.23. The summed E-state index contributed by atoms with van der Waals surface area (Å²) in [5.74, 6) is 0. The van der Waals surface area contributed by atoms with Crippen molar-refractivity contribution in [1.29, 1.82) is 0 Å². The molecule has 0 radical (unpaired) electrons. The van der Waals surface area contributed by atoms with Crippen molar-refractivity contribution in [3.05, 3.63) is 65.7 Å². The number of carbonyl (C=O) groups excluding carboxylic acids is 1. The summed E-state index contributed by atoms with van der Waals surface area (Å²) in [6, 6.07) is 16.9. The molecule has 2 unspecified atom stereocenters. The van der Waals surface area contributed by atoms with Crippen LogP contribution in [0.5, 0.6) is 0 Å². The SMILES string of the molecule is O=C(NCC(O)C(O)c1ccc(N2CCCCC2)cc1)OCc1ccccc1. The standard InChI is InChI=1S/C22H28N2O4/c25-20(15-23-22(27)28-16-17-7-3-1-4-8-17)21(26)18-9-11-19(12-10-18)24-13-5-2-6-14-24/h1,3-4,7-12,20-21,25-26H,2,5-6,13-16H2,(H,23,27). The van der Waals surface area contributed by atoms with Crippen LogP contribution >= 0.6 is 0 Å². The molecule has 1 aliphatic heterocycles. The summed E-state index contributed by atoms with van der Waals surface area (Å²) in [4.78, 5) is 14.1. The molecule has 3 N–H and O–H groups in total. The number of piperidine rings is 1. The molecule has 6 heteroatoms. The number of hydrogen-bond donors (Lipinski definition) is 3. The zero-order valence-electron chi connectivity index (χ0n) is 16.0. The lowest BCUT2D eigenvalue weighted by Gasteiger charge is -2.29. The number of alkyl carbamates (subject to hydrolysis) is 1. The summed E-state index contributed by atoms with van der Waals surface area (Å²) in [6.45, 7) is 2.17. The molecule has 1 fully saturated rings. The average molecular weight is 384 g/mol. The molecule has 0 bridgehead atoms. The molecule has 1 amide bonds. The first-order valence-electron chi connectivity index (χ1n) is 9.79. The van der Waals surface area contributed by atoms with Gasteiger partial charge in [0.2, 0.25) is 0 Å². The maximum absolute atomic E-state index is 11.8. The Morgan fingerprint density at radius 1 is 1.00 bits per heavy atom. The molecule has 1 saturated heterocycles. The van der Waals surface area contributed by atoms with Crippen molar-refractivity contribution in [3.63, 3.8) is 0 Å². The summed E-state index contributed by atoms with van der Waals surface area (Å²) < 4.78 is 5.10. The Kier molecular flexibility index (Phi) is 7.28. The summed E-state index contributed by atoms with van der Waals surface area (Å²) in [6.07, 6.45) is 0.857. The highest BCUT2D eigenvalue weighted by molar-refractivity contribution is 5.67. The van der Waals surface area contributed by atoms with Crippen LogP contribution in [-0.2, 0) is 11.3 Å². The lowest BCUT2D eigenvalue weighted by Crippen LogP contribution is -2.35. The molecular formula is C22H28N2O4. The number of benzene rings is 2. The van der Waals surface area contributed by atoms with Crippen molar-refractivity contribution in [1.82, 2.24) is 5.32 Å². The predicted octanol–water partition coefficient (Wildman–Crippen LogP) is 3.00. The van der Waals surface area contributed by atoms with E-state index in [0.717, 1.165) is 24.3 Å². The molecule has 1 heterocycles. The van der Waals surface area contributed by atoms with Crippen LogP contribution in [0, 0.1) is 0 Å². The highest BCUT2D eigenvalue weighted by Gasteiger charge is 2.20. The fourth-order valence-corrected chi connectivity index (χ4v) is 3.33. The van der Waals surface area contributed by atoms with Crippen LogP contribution in [0.4, 0.5) is 10.5 Å². The zero-order chi connectivity index (χ0) is 19.8. The van der Waals surface area contributed by atoms with E-state index in [2.05, 4.69) is 10.2 Å². The summed E-state index contributed by atoms with van der Waals surface area (Å²) in [5, 5.41) is 23.0. The van der Waals surface area contributed by atoms with Gasteiger partial charge in [0, 0.05) is 25.3 Å².